The van der Waals surface area contributed by atoms with Crippen molar-refractivity contribution in [2.24, 2.45) is 0 Å². The minimum absolute atomic E-state index is 0.972. The van der Waals surface area contributed by atoms with Gasteiger partial charge in [0, 0.05) is 11.1 Å². The summed E-state index contributed by atoms with van der Waals surface area (Å²) in [7, 11) is 0. The molecule has 0 unspecified atom stereocenters. The molecule has 4 aromatic heterocycles. The number of fused-ring (bicyclic) bond motifs is 1. The molecule has 0 aliphatic heterocycles. The molecule has 30 heavy (non-hydrogen) atoms. The van der Waals surface area contributed by atoms with Gasteiger partial charge in [0.1, 0.15) is 10.0 Å². The standard InChI is InChI=1S/C22H14N6S2/c1-5-15(6-2-13(1)17-9-23-11-25-17)19-27-21-22(29-19)28-20(30-21)16-7-3-14(4-8-16)18-10-24-12-26-18/h1-12H,(H,23,25)(H,24,26). The minimum Gasteiger partial charge on any atom is -0.345 e. The van der Waals surface area contributed by atoms with E-state index in [1.165, 1.54) is 0 Å². The monoisotopic (exact) mass is 426 g/mol. The van der Waals surface area contributed by atoms with Crippen LogP contribution < -0.4 is 0 Å². The van der Waals surface area contributed by atoms with Gasteiger partial charge in [-0.05, 0) is 11.1 Å². The summed E-state index contributed by atoms with van der Waals surface area (Å²) in [5, 5.41) is 1.97. The maximum Gasteiger partial charge on any atom is 0.155 e. The molecule has 6 rings (SSSR count). The van der Waals surface area contributed by atoms with Gasteiger partial charge in [0.25, 0.3) is 0 Å². The van der Waals surface area contributed by atoms with E-state index in [1.54, 1.807) is 35.3 Å². The van der Waals surface area contributed by atoms with Gasteiger partial charge in [0.2, 0.25) is 0 Å². The first-order chi connectivity index (χ1) is 14.8. The molecule has 0 aliphatic carbocycles. The highest BCUT2D eigenvalue weighted by atomic mass is 32.1. The topological polar surface area (TPSA) is 83.1 Å². The average Bonchev–Trinajstić information content (AvgIpc) is 3.58. The molecule has 2 N–H and O–H groups in total. The van der Waals surface area contributed by atoms with Crippen molar-refractivity contribution in [2.75, 3.05) is 0 Å². The number of H-pyrrole nitrogens is 2. The third kappa shape index (κ3) is 3.02. The lowest BCUT2D eigenvalue weighted by molar-refractivity contribution is 1.31. The van der Waals surface area contributed by atoms with Crippen LogP contribution in [0.3, 0.4) is 0 Å². The van der Waals surface area contributed by atoms with Crippen LogP contribution in [0, 0.1) is 0 Å². The van der Waals surface area contributed by atoms with E-state index in [0.717, 1.165) is 53.3 Å². The number of hydrogen-bond acceptors (Lipinski definition) is 6. The lowest BCUT2D eigenvalue weighted by atomic mass is 10.1. The molecule has 4 heterocycles. The first-order valence-corrected chi connectivity index (χ1v) is 10.9. The van der Waals surface area contributed by atoms with Crippen LogP contribution in [0.25, 0.3) is 53.3 Å². The van der Waals surface area contributed by atoms with E-state index in [0.29, 0.717) is 0 Å². The SMILES string of the molecule is c1ncc(-c2ccc(-c3nc4sc(-c5ccc(-c6cnc[nH]6)cc5)nc4s3)cc2)[nH]1. The Morgan fingerprint density at radius 3 is 1.30 bits per heavy atom. The van der Waals surface area contributed by atoms with E-state index in [2.05, 4.69) is 68.5 Å². The van der Waals surface area contributed by atoms with Crippen LogP contribution in [0.1, 0.15) is 0 Å². The van der Waals surface area contributed by atoms with Gasteiger partial charge >= 0.3 is 0 Å². The zero-order valence-electron chi connectivity index (χ0n) is 15.5. The Morgan fingerprint density at radius 2 is 0.933 bits per heavy atom. The highest BCUT2D eigenvalue weighted by Crippen LogP contribution is 2.37. The number of nitrogens with one attached hydrogen (secondary N) is 2. The molecule has 2 aromatic carbocycles. The first-order valence-electron chi connectivity index (χ1n) is 9.29. The van der Waals surface area contributed by atoms with Crippen LogP contribution in [-0.2, 0) is 0 Å². The molecule has 0 atom stereocenters. The van der Waals surface area contributed by atoms with Crippen molar-refractivity contribution in [3.63, 3.8) is 0 Å². The Bertz CT molecular complexity index is 1270. The normalized spacial score (nSPS) is 11.3. The molecule has 6 nitrogen and oxygen atoms in total. The number of imidazole rings is 2. The maximum absolute atomic E-state index is 4.82. The van der Waals surface area contributed by atoms with Gasteiger partial charge in [0.05, 0.1) is 36.4 Å². The van der Waals surface area contributed by atoms with Crippen LogP contribution >= 0.6 is 22.7 Å². The fraction of sp³-hybridized carbons (Fsp3) is 0. The molecule has 144 valence electrons. The molecule has 0 saturated heterocycles. The van der Waals surface area contributed by atoms with Crippen molar-refractivity contribution >= 4 is 32.3 Å². The van der Waals surface area contributed by atoms with E-state index < -0.39 is 0 Å². The zero-order chi connectivity index (χ0) is 19.9. The van der Waals surface area contributed by atoms with Gasteiger partial charge in [-0.15, -0.1) is 0 Å². The highest BCUT2D eigenvalue weighted by Gasteiger charge is 2.13. The van der Waals surface area contributed by atoms with Crippen LogP contribution in [0.2, 0.25) is 0 Å². The van der Waals surface area contributed by atoms with Gasteiger partial charge in [-0.3, -0.25) is 0 Å². The molecule has 0 amide bonds. The van der Waals surface area contributed by atoms with E-state index in [9.17, 15) is 0 Å². The molecule has 0 fully saturated rings. The van der Waals surface area contributed by atoms with Crippen molar-refractivity contribution in [3.8, 4) is 43.7 Å². The summed E-state index contributed by atoms with van der Waals surface area (Å²) in [6.45, 7) is 0. The molecule has 0 spiro atoms. The molecule has 8 heteroatoms. The van der Waals surface area contributed by atoms with E-state index in [4.69, 9.17) is 9.97 Å². The molecular formula is C22H14N6S2. The number of benzene rings is 2. The second-order valence-corrected chi connectivity index (χ2v) is 8.69. The quantitative estimate of drug-likeness (QED) is 0.369. The number of aromatic amines is 2. The third-order valence-electron chi connectivity index (χ3n) is 4.86. The van der Waals surface area contributed by atoms with Crippen molar-refractivity contribution in [3.05, 3.63) is 73.6 Å². The molecular weight excluding hydrogens is 412 g/mol. The Balaban J connectivity index is 1.27. The second kappa shape index (κ2) is 7.01. The summed E-state index contributed by atoms with van der Waals surface area (Å²) >= 11 is 3.25. The zero-order valence-corrected chi connectivity index (χ0v) is 17.2. The lowest BCUT2D eigenvalue weighted by Gasteiger charge is -2.00. The maximum atomic E-state index is 4.82. The van der Waals surface area contributed by atoms with Crippen LogP contribution in [0.5, 0.6) is 0 Å². The van der Waals surface area contributed by atoms with Crippen LogP contribution in [-0.4, -0.2) is 29.9 Å². The Hall–Kier alpha value is -3.62. The number of hydrogen-bond donors (Lipinski definition) is 2. The fourth-order valence-electron chi connectivity index (χ4n) is 3.30. The summed E-state index contributed by atoms with van der Waals surface area (Å²) in [5.74, 6) is 0. The van der Waals surface area contributed by atoms with Gasteiger partial charge in [-0.1, -0.05) is 71.2 Å². The first kappa shape index (κ1) is 17.3. The lowest BCUT2D eigenvalue weighted by Crippen LogP contribution is -1.80. The van der Waals surface area contributed by atoms with Crippen LogP contribution in [0.15, 0.2) is 73.6 Å². The summed E-state index contributed by atoms with van der Waals surface area (Å²) in [6.07, 6.45) is 7.02. The van der Waals surface area contributed by atoms with Crippen molar-refractivity contribution < 1.29 is 0 Å². The largest absolute Gasteiger partial charge is 0.345 e. The summed E-state index contributed by atoms with van der Waals surface area (Å²) in [6, 6.07) is 16.7. The summed E-state index contributed by atoms with van der Waals surface area (Å²) in [4.78, 5) is 26.0. The van der Waals surface area contributed by atoms with Crippen LogP contribution in [0.4, 0.5) is 0 Å². The summed E-state index contributed by atoms with van der Waals surface area (Å²) < 4.78 is 0. The van der Waals surface area contributed by atoms with E-state index >= 15 is 0 Å². The molecule has 0 bridgehead atoms. The van der Waals surface area contributed by atoms with Crippen molar-refractivity contribution in [1.29, 1.82) is 0 Å². The number of rotatable bonds is 4. The fourth-order valence-corrected chi connectivity index (χ4v) is 5.35. The van der Waals surface area contributed by atoms with Gasteiger partial charge in [-0.2, -0.15) is 0 Å². The Morgan fingerprint density at radius 1 is 0.533 bits per heavy atom. The Labute approximate surface area is 179 Å². The van der Waals surface area contributed by atoms with E-state index in [1.807, 2.05) is 12.4 Å². The second-order valence-electron chi connectivity index (χ2n) is 6.73. The molecule has 6 aromatic rings. The predicted octanol–water partition coefficient (Wildman–Crippen LogP) is 5.87. The third-order valence-corrected chi connectivity index (χ3v) is 6.98. The van der Waals surface area contributed by atoms with Gasteiger partial charge < -0.3 is 9.97 Å². The number of nitrogens with zero attached hydrogens (tertiary/aromatic N) is 4. The minimum atomic E-state index is 0.972. The van der Waals surface area contributed by atoms with Gasteiger partial charge in [-0.25, -0.2) is 19.9 Å². The predicted molar refractivity (Wildman–Crippen MR) is 121 cm³/mol. The van der Waals surface area contributed by atoms with Gasteiger partial charge in [0.15, 0.2) is 9.66 Å². The van der Waals surface area contributed by atoms with E-state index in [-0.39, 0.29) is 0 Å². The van der Waals surface area contributed by atoms with Crippen molar-refractivity contribution in [2.45, 2.75) is 0 Å². The average molecular weight is 427 g/mol. The molecule has 0 radical (unpaired) electrons. The smallest absolute Gasteiger partial charge is 0.155 e. The molecule has 0 aliphatic rings. The highest BCUT2D eigenvalue weighted by molar-refractivity contribution is 7.29. The van der Waals surface area contributed by atoms with Crippen molar-refractivity contribution in [1.82, 2.24) is 29.9 Å². The Kier molecular flexibility index (Phi) is 4.03. The number of aromatic nitrogens is 6. The summed E-state index contributed by atoms with van der Waals surface area (Å²) in [5.41, 5.74) is 6.41. The molecule has 0 saturated carbocycles. The number of thiazole rings is 2.